The number of amides is 1. The quantitative estimate of drug-likeness (QED) is 0.730. The van der Waals surface area contributed by atoms with E-state index in [1.807, 2.05) is 72.8 Å². The molecule has 1 amide bonds. The Morgan fingerprint density at radius 1 is 0.909 bits per heavy atom. The van der Waals surface area contributed by atoms with E-state index >= 15 is 0 Å². The molecule has 0 aliphatic rings. The standard InChI is InChI=1S/C19H17NO2/c1-20(17-9-3-2-4-10-17)19(21)14-22-18-12-11-15-7-5-6-8-16(15)13-18/h2-13H,14H2,1H3. The second-order valence-corrected chi connectivity index (χ2v) is 5.09. The molecule has 0 aromatic heterocycles. The molecule has 110 valence electrons. The van der Waals surface area contributed by atoms with Gasteiger partial charge in [-0.05, 0) is 35.0 Å². The van der Waals surface area contributed by atoms with Gasteiger partial charge in [0.05, 0.1) is 0 Å². The molecule has 0 saturated carbocycles. The Kier molecular flexibility index (Phi) is 4.05. The van der Waals surface area contributed by atoms with Crippen molar-refractivity contribution in [1.82, 2.24) is 0 Å². The summed E-state index contributed by atoms with van der Waals surface area (Å²) in [4.78, 5) is 13.8. The maximum Gasteiger partial charge on any atom is 0.264 e. The zero-order valence-corrected chi connectivity index (χ0v) is 12.4. The van der Waals surface area contributed by atoms with Gasteiger partial charge in [-0.25, -0.2) is 0 Å². The lowest BCUT2D eigenvalue weighted by molar-refractivity contribution is -0.120. The zero-order valence-electron chi connectivity index (χ0n) is 12.4. The monoisotopic (exact) mass is 291 g/mol. The average Bonchev–Trinajstić information content (AvgIpc) is 2.59. The molecule has 3 aromatic rings. The number of fused-ring (bicyclic) bond motifs is 1. The minimum Gasteiger partial charge on any atom is -0.484 e. The molecular formula is C19H17NO2. The lowest BCUT2D eigenvalue weighted by Crippen LogP contribution is -2.31. The van der Waals surface area contributed by atoms with Crippen molar-refractivity contribution >= 4 is 22.4 Å². The normalized spacial score (nSPS) is 10.4. The molecule has 0 heterocycles. The fourth-order valence-electron chi connectivity index (χ4n) is 2.29. The maximum absolute atomic E-state index is 12.2. The highest BCUT2D eigenvalue weighted by Gasteiger charge is 2.11. The number of carbonyl (C=O) groups excluding carboxylic acids is 1. The van der Waals surface area contributed by atoms with Crippen LogP contribution >= 0.6 is 0 Å². The molecule has 3 aromatic carbocycles. The number of carbonyl (C=O) groups is 1. The van der Waals surface area contributed by atoms with E-state index in [1.54, 1.807) is 11.9 Å². The summed E-state index contributed by atoms with van der Waals surface area (Å²) in [6.45, 7) is 0.0176. The van der Waals surface area contributed by atoms with Gasteiger partial charge in [0.2, 0.25) is 0 Å². The molecule has 22 heavy (non-hydrogen) atoms. The minimum atomic E-state index is -0.0839. The third kappa shape index (κ3) is 3.09. The smallest absolute Gasteiger partial charge is 0.264 e. The molecule has 3 rings (SSSR count). The Hall–Kier alpha value is -2.81. The molecule has 0 saturated heterocycles. The summed E-state index contributed by atoms with van der Waals surface area (Å²) in [5.74, 6) is 0.618. The number of hydrogen-bond donors (Lipinski definition) is 0. The van der Waals surface area contributed by atoms with Gasteiger partial charge in [0.15, 0.2) is 6.61 Å². The molecule has 0 spiro atoms. The van der Waals surface area contributed by atoms with Gasteiger partial charge < -0.3 is 9.64 Å². The largest absolute Gasteiger partial charge is 0.484 e. The van der Waals surface area contributed by atoms with E-state index < -0.39 is 0 Å². The summed E-state index contributed by atoms with van der Waals surface area (Å²) < 4.78 is 5.63. The molecule has 0 aliphatic heterocycles. The average molecular weight is 291 g/mol. The first-order valence-electron chi connectivity index (χ1n) is 7.17. The summed E-state index contributed by atoms with van der Waals surface area (Å²) in [6.07, 6.45) is 0. The van der Waals surface area contributed by atoms with Crippen molar-refractivity contribution in [2.24, 2.45) is 0 Å². The molecule has 0 radical (unpaired) electrons. The SMILES string of the molecule is CN(C(=O)COc1ccc2ccccc2c1)c1ccccc1. The van der Waals surface area contributed by atoms with Gasteiger partial charge in [0, 0.05) is 12.7 Å². The fourth-order valence-corrected chi connectivity index (χ4v) is 2.29. The van der Waals surface area contributed by atoms with E-state index in [4.69, 9.17) is 4.74 Å². The van der Waals surface area contributed by atoms with E-state index in [2.05, 4.69) is 0 Å². The molecule has 0 bridgehead atoms. The third-order valence-corrected chi connectivity index (χ3v) is 3.60. The van der Waals surface area contributed by atoms with Crippen LogP contribution in [0, 0.1) is 0 Å². The number of benzene rings is 3. The van der Waals surface area contributed by atoms with Crippen LogP contribution in [0.5, 0.6) is 5.75 Å². The highest BCUT2D eigenvalue weighted by molar-refractivity contribution is 5.94. The van der Waals surface area contributed by atoms with E-state index in [1.165, 1.54) is 0 Å². The van der Waals surface area contributed by atoms with Crippen LogP contribution in [-0.4, -0.2) is 19.6 Å². The van der Waals surface area contributed by atoms with Crippen LogP contribution in [-0.2, 0) is 4.79 Å². The highest BCUT2D eigenvalue weighted by Crippen LogP contribution is 2.20. The van der Waals surface area contributed by atoms with Gasteiger partial charge in [-0.15, -0.1) is 0 Å². The van der Waals surface area contributed by atoms with Crippen molar-refractivity contribution in [2.75, 3.05) is 18.6 Å². The first-order valence-corrected chi connectivity index (χ1v) is 7.17. The second-order valence-electron chi connectivity index (χ2n) is 5.09. The summed E-state index contributed by atoms with van der Waals surface area (Å²) >= 11 is 0. The van der Waals surface area contributed by atoms with Crippen molar-refractivity contribution in [3.8, 4) is 5.75 Å². The van der Waals surface area contributed by atoms with Gasteiger partial charge in [-0.3, -0.25) is 4.79 Å². The number of likely N-dealkylation sites (N-methyl/N-ethyl adjacent to an activating group) is 1. The number of anilines is 1. The Bertz CT molecular complexity index is 784. The van der Waals surface area contributed by atoms with Gasteiger partial charge in [-0.1, -0.05) is 48.5 Å². The zero-order chi connectivity index (χ0) is 15.4. The van der Waals surface area contributed by atoms with Crippen LogP contribution < -0.4 is 9.64 Å². The van der Waals surface area contributed by atoms with Crippen molar-refractivity contribution in [1.29, 1.82) is 0 Å². The predicted molar refractivity (Wildman–Crippen MR) is 89.3 cm³/mol. The number of nitrogens with zero attached hydrogens (tertiary/aromatic N) is 1. The molecule has 0 fully saturated rings. The Labute approximate surface area is 129 Å². The van der Waals surface area contributed by atoms with E-state index in [-0.39, 0.29) is 12.5 Å². The van der Waals surface area contributed by atoms with E-state index in [0.29, 0.717) is 5.75 Å². The Balaban J connectivity index is 1.67. The minimum absolute atomic E-state index is 0.0176. The van der Waals surface area contributed by atoms with Crippen molar-refractivity contribution < 1.29 is 9.53 Å². The van der Waals surface area contributed by atoms with Crippen LogP contribution in [0.4, 0.5) is 5.69 Å². The molecule has 3 heteroatoms. The topological polar surface area (TPSA) is 29.5 Å². The van der Waals surface area contributed by atoms with Crippen LogP contribution in [0.1, 0.15) is 0 Å². The molecule has 0 aliphatic carbocycles. The fraction of sp³-hybridized carbons (Fsp3) is 0.105. The van der Waals surface area contributed by atoms with Crippen LogP contribution in [0.25, 0.3) is 10.8 Å². The number of para-hydroxylation sites is 1. The summed E-state index contributed by atoms with van der Waals surface area (Å²) in [6, 6.07) is 23.4. The second kappa shape index (κ2) is 6.31. The molecule has 3 nitrogen and oxygen atoms in total. The van der Waals surface area contributed by atoms with Crippen molar-refractivity contribution in [2.45, 2.75) is 0 Å². The Morgan fingerprint density at radius 2 is 1.59 bits per heavy atom. The first-order chi connectivity index (χ1) is 10.7. The highest BCUT2D eigenvalue weighted by atomic mass is 16.5. The van der Waals surface area contributed by atoms with Crippen molar-refractivity contribution in [3.05, 3.63) is 72.8 Å². The summed E-state index contributed by atoms with van der Waals surface area (Å²) in [7, 11) is 1.75. The van der Waals surface area contributed by atoms with Crippen molar-refractivity contribution in [3.63, 3.8) is 0 Å². The summed E-state index contributed by atoms with van der Waals surface area (Å²) in [5.41, 5.74) is 0.856. The first kappa shape index (κ1) is 14.1. The number of ether oxygens (including phenoxy) is 1. The summed E-state index contributed by atoms with van der Waals surface area (Å²) in [5, 5.41) is 2.26. The van der Waals surface area contributed by atoms with Gasteiger partial charge in [0.25, 0.3) is 5.91 Å². The molecular weight excluding hydrogens is 274 g/mol. The lowest BCUT2D eigenvalue weighted by Gasteiger charge is -2.17. The van der Waals surface area contributed by atoms with Gasteiger partial charge in [-0.2, -0.15) is 0 Å². The van der Waals surface area contributed by atoms with E-state index in [9.17, 15) is 4.79 Å². The molecule has 0 unspecified atom stereocenters. The van der Waals surface area contributed by atoms with Crippen LogP contribution in [0.3, 0.4) is 0 Å². The van der Waals surface area contributed by atoms with Gasteiger partial charge >= 0.3 is 0 Å². The van der Waals surface area contributed by atoms with Crippen LogP contribution in [0.15, 0.2) is 72.8 Å². The van der Waals surface area contributed by atoms with E-state index in [0.717, 1.165) is 16.5 Å². The predicted octanol–water partition coefficient (Wildman–Crippen LogP) is 3.88. The molecule has 0 N–H and O–H groups in total. The van der Waals surface area contributed by atoms with Crippen LogP contribution in [0.2, 0.25) is 0 Å². The maximum atomic E-state index is 12.2. The molecule has 0 atom stereocenters. The number of hydrogen-bond acceptors (Lipinski definition) is 2. The lowest BCUT2D eigenvalue weighted by atomic mass is 10.1. The Morgan fingerprint density at radius 3 is 2.36 bits per heavy atom. The van der Waals surface area contributed by atoms with Gasteiger partial charge in [0.1, 0.15) is 5.75 Å². The third-order valence-electron chi connectivity index (χ3n) is 3.60. The number of rotatable bonds is 4.